The Balaban J connectivity index is 2.38. The highest BCUT2D eigenvalue weighted by Gasteiger charge is 2.56. The van der Waals surface area contributed by atoms with E-state index >= 15 is 0 Å². The number of ether oxygens (including phenoxy) is 2. The fourth-order valence-corrected chi connectivity index (χ4v) is 3.19. The predicted molar refractivity (Wildman–Crippen MR) is 103 cm³/mol. The second-order valence-electron chi connectivity index (χ2n) is 7.56. The van der Waals surface area contributed by atoms with Crippen LogP contribution >= 0.6 is 0 Å². The van der Waals surface area contributed by atoms with Crippen LogP contribution in [0.4, 0.5) is 0 Å². The van der Waals surface area contributed by atoms with Crippen LogP contribution in [-0.2, 0) is 19.1 Å². The topological polar surface area (TPSA) is 52.6 Å². The zero-order valence-corrected chi connectivity index (χ0v) is 15.9. The van der Waals surface area contributed by atoms with Crippen molar-refractivity contribution in [3.8, 4) is 0 Å². The minimum Gasteiger partial charge on any atom is -0.459 e. The molecule has 140 valence electrons. The van der Waals surface area contributed by atoms with E-state index in [1.54, 1.807) is 32.9 Å². The van der Waals surface area contributed by atoms with Crippen LogP contribution in [0.15, 0.2) is 49.1 Å². The van der Waals surface area contributed by atoms with Crippen LogP contribution in [0.1, 0.15) is 45.6 Å². The van der Waals surface area contributed by atoms with E-state index in [1.165, 1.54) is 0 Å². The van der Waals surface area contributed by atoms with Crippen LogP contribution in [-0.4, -0.2) is 30.1 Å². The summed E-state index contributed by atoms with van der Waals surface area (Å²) >= 11 is 0. The summed E-state index contributed by atoms with van der Waals surface area (Å²) in [5, 5.41) is 0. The first kappa shape index (κ1) is 20.1. The fourth-order valence-electron chi connectivity index (χ4n) is 3.19. The predicted octanol–water partition coefficient (Wildman–Crippen LogP) is 4.35. The maximum absolute atomic E-state index is 13.0. The maximum atomic E-state index is 13.0. The van der Waals surface area contributed by atoms with Crippen LogP contribution < -0.4 is 0 Å². The Morgan fingerprint density at radius 1 is 1.31 bits per heavy atom. The van der Waals surface area contributed by atoms with Crippen molar-refractivity contribution in [1.82, 2.24) is 0 Å². The Morgan fingerprint density at radius 3 is 2.54 bits per heavy atom. The van der Waals surface area contributed by atoms with E-state index in [9.17, 15) is 9.59 Å². The lowest BCUT2D eigenvalue weighted by molar-refractivity contribution is -0.176. The zero-order chi connectivity index (χ0) is 19.2. The van der Waals surface area contributed by atoms with Gasteiger partial charge in [-0.25, -0.2) is 0 Å². The number of ketones is 1. The summed E-state index contributed by atoms with van der Waals surface area (Å²) in [5.41, 5.74) is -0.981. The molecule has 1 aliphatic carbocycles. The molecule has 1 saturated carbocycles. The van der Waals surface area contributed by atoms with Gasteiger partial charge in [0.05, 0.1) is 12.7 Å². The molecule has 4 nitrogen and oxygen atoms in total. The second-order valence-corrected chi connectivity index (χ2v) is 7.56. The molecule has 0 radical (unpaired) electrons. The Kier molecular flexibility index (Phi) is 6.54. The van der Waals surface area contributed by atoms with E-state index in [1.807, 2.05) is 36.4 Å². The Morgan fingerprint density at radius 2 is 2.00 bits per heavy atom. The second kappa shape index (κ2) is 8.45. The minimum absolute atomic E-state index is 0.112. The van der Waals surface area contributed by atoms with Crippen molar-refractivity contribution >= 4 is 17.8 Å². The lowest BCUT2D eigenvalue weighted by atomic mass is 9.78. The van der Waals surface area contributed by atoms with E-state index in [-0.39, 0.29) is 12.4 Å². The number of Topliss-reactive ketones (excluding diaryl/α,β-unsaturated/α-hetero) is 1. The lowest BCUT2D eigenvalue weighted by Crippen LogP contribution is -2.49. The molecule has 0 heterocycles. The Bertz CT molecular complexity index is 669. The highest BCUT2D eigenvalue weighted by atomic mass is 16.6. The van der Waals surface area contributed by atoms with Gasteiger partial charge in [0, 0.05) is 6.42 Å². The SMILES string of the molecule is C=CCO[C@H](/C=C/c1ccccc1)[C@]1(C(=O)OC(C)(C)C)CCCC1=O. The summed E-state index contributed by atoms with van der Waals surface area (Å²) in [4.78, 5) is 25.8. The van der Waals surface area contributed by atoms with Gasteiger partial charge in [-0.2, -0.15) is 0 Å². The van der Waals surface area contributed by atoms with Gasteiger partial charge in [0.25, 0.3) is 0 Å². The van der Waals surface area contributed by atoms with Gasteiger partial charge >= 0.3 is 5.97 Å². The average molecular weight is 356 g/mol. The molecule has 0 saturated heterocycles. The van der Waals surface area contributed by atoms with Crippen molar-refractivity contribution < 1.29 is 19.1 Å². The van der Waals surface area contributed by atoms with E-state index in [2.05, 4.69) is 6.58 Å². The van der Waals surface area contributed by atoms with E-state index in [4.69, 9.17) is 9.47 Å². The molecule has 1 aromatic carbocycles. The van der Waals surface area contributed by atoms with Gasteiger partial charge in [-0.05, 0) is 39.2 Å². The molecule has 1 aromatic rings. The van der Waals surface area contributed by atoms with Gasteiger partial charge in [0.1, 0.15) is 5.60 Å². The number of esters is 1. The summed E-state index contributed by atoms with van der Waals surface area (Å²) in [6.07, 6.45) is 6.06. The van der Waals surface area contributed by atoms with Gasteiger partial charge in [-0.15, -0.1) is 6.58 Å². The summed E-state index contributed by atoms with van der Waals surface area (Å²) in [6, 6.07) is 9.72. The summed E-state index contributed by atoms with van der Waals surface area (Å²) in [6.45, 7) is 9.33. The van der Waals surface area contributed by atoms with Crippen molar-refractivity contribution in [2.45, 2.75) is 51.7 Å². The molecular weight excluding hydrogens is 328 g/mol. The summed E-state index contributed by atoms with van der Waals surface area (Å²) in [5.74, 6) is -0.613. The average Bonchev–Trinajstić information content (AvgIpc) is 2.97. The number of carbonyl (C=O) groups is 2. The highest BCUT2D eigenvalue weighted by molar-refractivity contribution is 6.06. The van der Waals surface area contributed by atoms with Gasteiger partial charge in [0.2, 0.25) is 0 Å². The third-order valence-corrected chi connectivity index (χ3v) is 4.38. The molecule has 2 atom stereocenters. The molecule has 1 aliphatic rings. The number of hydrogen-bond donors (Lipinski definition) is 0. The molecule has 0 N–H and O–H groups in total. The molecule has 0 aromatic heterocycles. The molecular formula is C22H28O4. The zero-order valence-electron chi connectivity index (χ0n) is 15.9. The van der Waals surface area contributed by atoms with Crippen molar-refractivity contribution in [3.63, 3.8) is 0 Å². The summed E-state index contributed by atoms with van der Waals surface area (Å²) < 4.78 is 11.5. The first-order valence-electron chi connectivity index (χ1n) is 9.02. The van der Waals surface area contributed by atoms with Gasteiger partial charge in [-0.3, -0.25) is 9.59 Å². The first-order chi connectivity index (χ1) is 12.3. The quantitative estimate of drug-likeness (QED) is 0.414. The molecule has 0 unspecified atom stereocenters. The normalized spacial score (nSPS) is 21.7. The third-order valence-electron chi connectivity index (χ3n) is 4.38. The van der Waals surface area contributed by atoms with Crippen LogP contribution in [0.25, 0.3) is 6.08 Å². The van der Waals surface area contributed by atoms with Crippen LogP contribution in [0, 0.1) is 5.41 Å². The van der Waals surface area contributed by atoms with Crippen molar-refractivity contribution in [2.24, 2.45) is 5.41 Å². The van der Waals surface area contributed by atoms with Gasteiger partial charge in [0.15, 0.2) is 11.2 Å². The van der Waals surface area contributed by atoms with E-state index < -0.39 is 23.1 Å². The molecule has 0 spiro atoms. The van der Waals surface area contributed by atoms with Crippen LogP contribution in [0.3, 0.4) is 0 Å². The molecule has 0 aliphatic heterocycles. The maximum Gasteiger partial charge on any atom is 0.323 e. The Hall–Kier alpha value is -2.20. The van der Waals surface area contributed by atoms with Crippen molar-refractivity contribution in [3.05, 3.63) is 54.6 Å². The Labute approximate surface area is 155 Å². The van der Waals surface area contributed by atoms with Crippen LogP contribution in [0.5, 0.6) is 0 Å². The highest BCUT2D eigenvalue weighted by Crippen LogP contribution is 2.42. The number of carbonyl (C=O) groups excluding carboxylic acids is 2. The standard InChI is InChI=1S/C22H28O4/c1-5-16-25-19(14-13-17-10-7-6-8-11-17)22(15-9-12-18(22)23)20(24)26-21(2,3)4/h5-8,10-11,13-14,19H,1,9,12,15-16H2,2-4H3/b14-13+/t19-,22+/m1/s1. The monoisotopic (exact) mass is 356 g/mol. The summed E-state index contributed by atoms with van der Waals surface area (Å²) in [7, 11) is 0. The van der Waals surface area contributed by atoms with Crippen molar-refractivity contribution in [2.75, 3.05) is 6.61 Å². The first-order valence-corrected chi connectivity index (χ1v) is 9.02. The molecule has 4 heteroatoms. The largest absolute Gasteiger partial charge is 0.459 e. The molecule has 1 fully saturated rings. The number of hydrogen-bond acceptors (Lipinski definition) is 4. The molecule has 2 rings (SSSR count). The lowest BCUT2D eigenvalue weighted by Gasteiger charge is -2.34. The molecule has 0 amide bonds. The van der Waals surface area contributed by atoms with Crippen molar-refractivity contribution in [1.29, 1.82) is 0 Å². The van der Waals surface area contributed by atoms with E-state index in [0.717, 1.165) is 5.56 Å². The van der Waals surface area contributed by atoms with Gasteiger partial charge in [-0.1, -0.05) is 48.6 Å². The molecule has 0 bridgehead atoms. The van der Waals surface area contributed by atoms with Crippen LogP contribution in [0.2, 0.25) is 0 Å². The number of rotatable bonds is 7. The smallest absolute Gasteiger partial charge is 0.323 e. The van der Waals surface area contributed by atoms with E-state index in [0.29, 0.717) is 19.3 Å². The number of benzene rings is 1. The van der Waals surface area contributed by atoms with Gasteiger partial charge < -0.3 is 9.47 Å². The fraction of sp³-hybridized carbons (Fsp3) is 0.455. The third kappa shape index (κ3) is 4.70. The minimum atomic E-state index is -1.29. The molecule has 26 heavy (non-hydrogen) atoms.